The van der Waals surface area contributed by atoms with Crippen molar-refractivity contribution in [3.63, 3.8) is 0 Å². The van der Waals surface area contributed by atoms with Crippen LogP contribution < -0.4 is 0 Å². The highest BCUT2D eigenvalue weighted by atomic mass is 32.2. The SMILES string of the molecule is CCS(=O)(=O)N1CC2(C1)[C@H](c1ccccc1)[C@@H](CO)N2CC1CCCC1. The van der Waals surface area contributed by atoms with Gasteiger partial charge in [-0.15, -0.1) is 0 Å². The van der Waals surface area contributed by atoms with Crippen LogP contribution >= 0.6 is 0 Å². The number of sulfonamides is 1. The fraction of sp³-hybridized carbons (Fsp3) is 0.700. The van der Waals surface area contributed by atoms with E-state index in [-0.39, 0.29) is 29.9 Å². The van der Waals surface area contributed by atoms with E-state index in [1.54, 1.807) is 11.2 Å². The van der Waals surface area contributed by atoms with Gasteiger partial charge in [0.1, 0.15) is 0 Å². The van der Waals surface area contributed by atoms with Gasteiger partial charge in [-0.25, -0.2) is 8.42 Å². The molecule has 1 aliphatic carbocycles. The van der Waals surface area contributed by atoms with E-state index in [2.05, 4.69) is 17.0 Å². The highest BCUT2D eigenvalue weighted by Gasteiger charge is 2.67. The Balaban J connectivity index is 1.61. The van der Waals surface area contributed by atoms with Crippen LogP contribution in [-0.2, 0) is 10.0 Å². The quantitative estimate of drug-likeness (QED) is 0.823. The molecule has 1 saturated carbocycles. The number of likely N-dealkylation sites (tertiary alicyclic amines) is 1. The molecule has 2 saturated heterocycles. The highest BCUT2D eigenvalue weighted by Crippen LogP contribution is 2.55. The fourth-order valence-electron chi connectivity index (χ4n) is 5.47. The molecule has 6 heteroatoms. The van der Waals surface area contributed by atoms with Crippen LogP contribution in [0, 0.1) is 5.92 Å². The van der Waals surface area contributed by atoms with Crippen molar-refractivity contribution in [1.29, 1.82) is 0 Å². The van der Waals surface area contributed by atoms with E-state index >= 15 is 0 Å². The van der Waals surface area contributed by atoms with Crippen LogP contribution in [0.25, 0.3) is 0 Å². The first-order valence-electron chi connectivity index (χ1n) is 9.92. The Kier molecular flexibility index (Phi) is 4.88. The summed E-state index contributed by atoms with van der Waals surface area (Å²) in [7, 11) is -3.15. The van der Waals surface area contributed by atoms with Crippen LogP contribution in [0.1, 0.15) is 44.1 Å². The molecule has 2 aliphatic heterocycles. The van der Waals surface area contributed by atoms with Gasteiger partial charge in [-0.2, -0.15) is 4.31 Å². The minimum Gasteiger partial charge on any atom is -0.395 e. The summed E-state index contributed by atoms with van der Waals surface area (Å²) in [5, 5.41) is 10.1. The van der Waals surface area contributed by atoms with Gasteiger partial charge in [0.05, 0.1) is 17.9 Å². The lowest BCUT2D eigenvalue weighted by atomic mass is 9.61. The van der Waals surface area contributed by atoms with Crippen molar-refractivity contribution < 1.29 is 13.5 Å². The summed E-state index contributed by atoms with van der Waals surface area (Å²) >= 11 is 0. The fourth-order valence-corrected chi connectivity index (χ4v) is 6.68. The van der Waals surface area contributed by atoms with Crippen molar-refractivity contribution in [2.45, 2.75) is 50.1 Å². The molecule has 2 heterocycles. The number of hydrogen-bond acceptors (Lipinski definition) is 4. The minimum atomic E-state index is -3.15. The smallest absolute Gasteiger partial charge is 0.213 e. The second-order valence-electron chi connectivity index (χ2n) is 8.21. The first-order chi connectivity index (χ1) is 12.5. The molecule has 1 spiro atoms. The Morgan fingerprint density at radius 3 is 2.38 bits per heavy atom. The van der Waals surface area contributed by atoms with E-state index in [9.17, 15) is 13.5 Å². The van der Waals surface area contributed by atoms with Gasteiger partial charge in [-0.3, -0.25) is 4.90 Å². The van der Waals surface area contributed by atoms with Gasteiger partial charge in [0.25, 0.3) is 0 Å². The molecule has 1 aromatic rings. The average Bonchev–Trinajstić information content (AvgIpc) is 3.11. The third-order valence-corrected chi connectivity index (χ3v) is 8.64. The molecule has 1 aromatic carbocycles. The monoisotopic (exact) mass is 378 g/mol. The van der Waals surface area contributed by atoms with E-state index in [0.29, 0.717) is 19.0 Å². The maximum absolute atomic E-state index is 12.3. The van der Waals surface area contributed by atoms with Crippen molar-refractivity contribution in [2.75, 3.05) is 32.0 Å². The van der Waals surface area contributed by atoms with Crippen molar-refractivity contribution in [1.82, 2.24) is 9.21 Å². The van der Waals surface area contributed by atoms with Crippen molar-refractivity contribution >= 4 is 10.0 Å². The Labute approximate surface area is 157 Å². The van der Waals surface area contributed by atoms with Crippen molar-refractivity contribution in [3.8, 4) is 0 Å². The zero-order valence-electron chi connectivity index (χ0n) is 15.5. The van der Waals surface area contributed by atoms with Crippen LogP contribution in [0.3, 0.4) is 0 Å². The summed E-state index contributed by atoms with van der Waals surface area (Å²) in [4.78, 5) is 2.45. The molecule has 3 aliphatic rings. The predicted molar refractivity (Wildman–Crippen MR) is 102 cm³/mol. The van der Waals surface area contributed by atoms with Gasteiger partial charge in [0.2, 0.25) is 10.0 Å². The molecule has 0 bridgehead atoms. The van der Waals surface area contributed by atoms with E-state index in [4.69, 9.17) is 0 Å². The molecule has 2 atom stereocenters. The number of hydrogen-bond donors (Lipinski definition) is 1. The maximum Gasteiger partial charge on any atom is 0.213 e. The van der Waals surface area contributed by atoms with Crippen molar-refractivity contribution in [2.24, 2.45) is 5.92 Å². The molecule has 0 unspecified atom stereocenters. The number of nitrogens with zero attached hydrogens (tertiary/aromatic N) is 2. The molecular weight excluding hydrogens is 348 g/mol. The van der Waals surface area contributed by atoms with Gasteiger partial charge >= 0.3 is 0 Å². The van der Waals surface area contributed by atoms with E-state index < -0.39 is 10.0 Å². The summed E-state index contributed by atoms with van der Waals surface area (Å²) in [6, 6.07) is 10.4. The topological polar surface area (TPSA) is 60.9 Å². The molecule has 3 fully saturated rings. The summed E-state index contributed by atoms with van der Waals surface area (Å²) in [6.07, 6.45) is 5.12. The lowest BCUT2D eigenvalue weighted by Gasteiger charge is -2.70. The molecule has 144 valence electrons. The van der Waals surface area contributed by atoms with Crippen molar-refractivity contribution in [3.05, 3.63) is 35.9 Å². The second-order valence-corrected chi connectivity index (χ2v) is 10.5. The molecular formula is C20H30N2O3S. The van der Waals surface area contributed by atoms with Gasteiger partial charge in [-0.05, 0) is 31.2 Å². The third-order valence-electron chi connectivity index (χ3n) is 6.87. The Hall–Kier alpha value is -0.950. The first-order valence-corrected chi connectivity index (χ1v) is 11.5. The normalized spacial score (nSPS) is 29.6. The number of rotatable bonds is 6. The van der Waals surface area contributed by atoms with Crippen LogP contribution in [0.2, 0.25) is 0 Å². The molecule has 0 amide bonds. The van der Waals surface area contributed by atoms with Crippen LogP contribution in [0.5, 0.6) is 0 Å². The molecule has 26 heavy (non-hydrogen) atoms. The summed E-state index contributed by atoms with van der Waals surface area (Å²) in [5.74, 6) is 1.05. The van der Waals surface area contributed by atoms with Gasteiger partial charge in [-0.1, -0.05) is 43.2 Å². The van der Waals surface area contributed by atoms with E-state index in [1.807, 2.05) is 18.2 Å². The van der Waals surface area contributed by atoms with E-state index in [1.165, 1.54) is 31.2 Å². The zero-order valence-corrected chi connectivity index (χ0v) is 16.4. The summed E-state index contributed by atoms with van der Waals surface area (Å²) in [5.41, 5.74) is 1.09. The number of aliphatic hydroxyl groups excluding tert-OH is 1. The second kappa shape index (κ2) is 6.89. The molecule has 5 nitrogen and oxygen atoms in total. The molecule has 1 N–H and O–H groups in total. The standard InChI is InChI=1S/C20H30N2O3S/c1-2-26(24,25)21-14-20(15-21)19(17-10-4-3-5-11-17)18(13-23)22(20)12-16-8-6-7-9-16/h3-5,10-11,16,18-19,23H,2,6-9,12-15H2,1H3/t18-,19-/m1/s1. The lowest BCUT2D eigenvalue weighted by Crippen LogP contribution is -2.85. The maximum atomic E-state index is 12.3. The van der Waals surface area contributed by atoms with E-state index in [0.717, 1.165) is 6.54 Å². The number of benzene rings is 1. The Morgan fingerprint density at radius 1 is 1.15 bits per heavy atom. The summed E-state index contributed by atoms with van der Waals surface area (Å²) < 4.78 is 26.3. The molecule has 0 radical (unpaired) electrons. The Morgan fingerprint density at radius 2 is 1.81 bits per heavy atom. The number of aliphatic hydroxyl groups is 1. The average molecular weight is 379 g/mol. The highest BCUT2D eigenvalue weighted by molar-refractivity contribution is 7.89. The predicted octanol–water partition coefficient (Wildman–Crippen LogP) is 2.04. The van der Waals surface area contributed by atoms with Crippen LogP contribution in [0.4, 0.5) is 0 Å². The zero-order chi connectivity index (χ0) is 18.4. The van der Waals surface area contributed by atoms with Gasteiger partial charge in [0, 0.05) is 31.6 Å². The van der Waals surface area contributed by atoms with Crippen LogP contribution in [-0.4, -0.2) is 66.3 Å². The first kappa shape index (κ1) is 18.4. The molecule has 0 aromatic heterocycles. The largest absolute Gasteiger partial charge is 0.395 e. The summed E-state index contributed by atoms with van der Waals surface area (Å²) in [6.45, 7) is 3.96. The minimum absolute atomic E-state index is 0.101. The molecule has 4 rings (SSSR count). The third kappa shape index (κ3) is 2.82. The van der Waals surface area contributed by atoms with Crippen LogP contribution in [0.15, 0.2) is 30.3 Å². The Bertz CT molecular complexity index is 725. The van der Waals surface area contributed by atoms with Gasteiger partial charge in [0.15, 0.2) is 0 Å². The lowest BCUT2D eigenvalue weighted by molar-refractivity contribution is -0.175. The van der Waals surface area contributed by atoms with Gasteiger partial charge < -0.3 is 5.11 Å².